The summed E-state index contributed by atoms with van der Waals surface area (Å²) in [6, 6.07) is 17.7. The number of nitrogens with zero attached hydrogens (tertiary/aromatic N) is 3. The minimum Gasteiger partial charge on any atom is -0.275 e. The van der Waals surface area contributed by atoms with E-state index in [2.05, 4.69) is 34.8 Å². The van der Waals surface area contributed by atoms with Gasteiger partial charge in [0.1, 0.15) is 0 Å². The van der Waals surface area contributed by atoms with Gasteiger partial charge in [-0.2, -0.15) is 10.2 Å². The Morgan fingerprint density at radius 1 is 0.966 bits per heavy atom. The number of hydrazone groups is 1. The van der Waals surface area contributed by atoms with Crippen molar-refractivity contribution in [3.05, 3.63) is 86.6 Å². The normalized spacial score (nSPS) is 11.5. The Labute approximate surface area is 183 Å². The average Bonchev–Trinajstić information content (AvgIpc) is 2.97. The third-order valence-corrected chi connectivity index (χ3v) is 5.53. The van der Waals surface area contributed by atoms with Gasteiger partial charge in [-0.1, -0.05) is 71.2 Å². The molecule has 4 aromatic rings. The standard InChI is InChI=1S/C22H17Cl3N4/c1-13-18(12-26-27-22-19(24)10-16(23)11-20(22)25)14(2)29(28-13)21-9-5-7-15-6-3-4-8-17(15)21/h3-12,27H,1-2H3/b26-12+. The largest absolute Gasteiger partial charge is 0.275 e. The van der Waals surface area contributed by atoms with Crippen LogP contribution in [0, 0.1) is 13.8 Å². The van der Waals surface area contributed by atoms with E-state index in [1.807, 2.05) is 36.7 Å². The van der Waals surface area contributed by atoms with Crippen molar-refractivity contribution >= 4 is 57.5 Å². The summed E-state index contributed by atoms with van der Waals surface area (Å²) in [6.07, 6.45) is 1.72. The highest BCUT2D eigenvalue weighted by Crippen LogP contribution is 2.33. The third-order valence-electron chi connectivity index (χ3n) is 4.72. The zero-order chi connectivity index (χ0) is 20.5. The lowest BCUT2D eigenvalue weighted by atomic mass is 10.1. The van der Waals surface area contributed by atoms with Crippen LogP contribution >= 0.6 is 34.8 Å². The second-order valence-corrected chi connectivity index (χ2v) is 7.86. The number of rotatable bonds is 4. The van der Waals surface area contributed by atoms with Crippen molar-refractivity contribution < 1.29 is 0 Å². The molecule has 0 aliphatic heterocycles. The maximum Gasteiger partial charge on any atom is 0.0935 e. The van der Waals surface area contributed by atoms with Crippen LogP contribution in [0.5, 0.6) is 0 Å². The lowest BCUT2D eigenvalue weighted by Crippen LogP contribution is -2.00. The molecule has 3 aromatic carbocycles. The lowest BCUT2D eigenvalue weighted by molar-refractivity contribution is 0.839. The molecule has 4 rings (SSSR count). The molecular weight excluding hydrogens is 427 g/mol. The van der Waals surface area contributed by atoms with E-state index in [4.69, 9.17) is 39.9 Å². The van der Waals surface area contributed by atoms with Gasteiger partial charge in [-0.15, -0.1) is 0 Å². The van der Waals surface area contributed by atoms with Gasteiger partial charge in [0.15, 0.2) is 0 Å². The molecule has 0 unspecified atom stereocenters. The highest BCUT2D eigenvalue weighted by atomic mass is 35.5. The van der Waals surface area contributed by atoms with Gasteiger partial charge >= 0.3 is 0 Å². The lowest BCUT2D eigenvalue weighted by Gasteiger charge is -2.09. The fourth-order valence-corrected chi connectivity index (χ4v) is 4.18. The number of benzene rings is 3. The van der Waals surface area contributed by atoms with Crippen LogP contribution in [-0.2, 0) is 0 Å². The first-order valence-electron chi connectivity index (χ1n) is 8.93. The monoisotopic (exact) mass is 442 g/mol. The van der Waals surface area contributed by atoms with Gasteiger partial charge in [-0.25, -0.2) is 4.68 Å². The van der Waals surface area contributed by atoms with Crippen molar-refractivity contribution in [3.8, 4) is 5.69 Å². The van der Waals surface area contributed by atoms with Crippen LogP contribution in [0.4, 0.5) is 5.69 Å². The Bertz CT molecular complexity index is 1220. The number of anilines is 1. The first kappa shape index (κ1) is 19.8. The first-order valence-corrected chi connectivity index (χ1v) is 10.1. The molecule has 0 atom stereocenters. The molecule has 146 valence electrons. The predicted molar refractivity (Wildman–Crippen MR) is 123 cm³/mol. The molecule has 0 saturated heterocycles. The first-order chi connectivity index (χ1) is 14.0. The number of aromatic nitrogens is 2. The Balaban J connectivity index is 1.69. The molecule has 0 saturated carbocycles. The van der Waals surface area contributed by atoms with Gasteiger partial charge in [0.25, 0.3) is 0 Å². The van der Waals surface area contributed by atoms with Crippen molar-refractivity contribution in [2.24, 2.45) is 5.10 Å². The number of halogens is 3. The SMILES string of the molecule is Cc1nn(-c2cccc3ccccc23)c(C)c1/C=N/Nc1c(Cl)cc(Cl)cc1Cl. The minimum absolute atomic E-state index is 0.402. The smallest absolute Gasteiger partial charge is 0.0935 e. The fourth-order valence-electron chi connectivity index (χ4n) is 3.28. The number of hydrogen-bond donors (Lipinski definition) is 1. The molecule has 1 N–H and O–H groups in total. The highest BCUT2D eigenvalue weighted by Gasteiger charge is 2.13. The molecule has 0 radical (unpaired) electrons. The fraction of sp³-hybridized carbons (Fsp3) is 0.0909. The molecule has 0 spiro atoms. The van der Waals surface area contributed by atoms with E-state index in [0.717, 1.165) is 28.0 Å². The van der Waals surface area contributed by atoms with E-state index >= 15 is 0 Å². The summed E-state index contributed by atoms with van der Waals surface area (Å²) < 4.78 is 1.95. The van der Waals surface area contributed by atoms with E-state index in [1.54, 1.807) is 18.3 Å². The second-order valence-electron chi connectivity index (χ2n) is 6.61. The van der Waals surface area contributed by atoms with Crippen LogP contribution in [0.15, 0.2) is 59.7 Å². The van der Waals surface area contributed by atoms with Gasteiger partial charge in [0.05, 0.1) is 39.0 Å². The van der Waals surface area contributed by atoms with Crippen molar-refractivity contribution in [2.75, 3.05) is 5.43 Å². The summed E-state index contributed by atoms with van der Waals surface area (Å²) >= 11 is 18.3. The van der Waals surface area contributed by atoms with Gasteiger partial charge in [0.2, 0.25) is 0 Å². The molecule has 0 amide bonds. The third kappa shape index (κ3) is 3.84. The summed E-state index contributed by atoms with van der Waals surface area (Å²) in [7, 11) is 0. The maximum atomic E-state index is 6.20. The van der Waals surface area contributed by atoms with E-state index in [9.17, 15) is 0 Å². The van der Waals surface area contributed by atoms with E-state index < -0.39 is 0 Å². The molecule has 0 bridgehead atoms. The van der Waals surface area contributed by atoms with Crippen LogP contribution in [0.1, 0.15) is 17.0 Å². The van der Waals surface area contributed by atoms with Gasteiger partial charge in [-0.05, 0) is 37.4 Å². The van der Waals surface area contributed by atoms with Gasteiger partial charge in [-0.3, -0.25) is 5.43 Å². The van der Waals surface area contributed by atoms with Crippen molar-refractivity contribution in [3.63, 3.8) is 0 Å². The van der Waals surface area contributed by atoms with Crippen molar-refractivity contribution in [2.45, 2.75) is 13.8 Å². The Morgan fingerprint density at radius 3 is 2.41 bits per heavy atom. The van der Waals surface area contributed by atoms with Crippen LogP contribution in [-0.4, -0.2) is 16.0 Å². The van der Waals surface area contributed by atoms with Crippen LogP contribution < -0.4 is 5.43 Å². The van der Waals surface area contributed by atoms with Gasteiger partial charge in [0, 0.05) is 16.0 Å². The zero-order valence-corrected chi connectivity index (χ0v) is 18.0. The molecule has 0 aliphatic rings. The van der Waals surface area contributed by atoms with Crippen LogP contribution in [0.3, 0.4) is 0 Å². The second kappa shape index (κ2) is 8.07. The number of fused-ring (bicyclic) bond motifs is 1. The number of nitrogens with one attached hydrogen (secondary N) is 1. The topological polar surface area (TPSA) is 42.2 Å². The molecule has 29 heavy (non-hydrogen) atoms. The molecule has 0 aliphatic carbocycles. The molecular formula is C22H17Cl3N4. The number of aryl methyl sites for hydroxylation is 1. The zero-order valence-electron chi connectivity index (χ0n) is 15.7. The van der Waals surface area contributed by atoms with E-state index in [-0.39, 0.29) is 0 Å². The quantitative estimate of drug-likeness (QED) is 0.271. The summed E-state index contributed by atoms with van der Waals surface area (Å²) in [5, 5.41) is 12.6. The van der Waals surface area contributed by atoms with Crippen molar-refractivity contribution in [1.29, 1.82) is 0 Å². The van der Waals surface area contributed by atoms with Gasteiger partial charge < -0.3 is 0 Å². The van der Waals surface area contributed by atoms with Crippen LogP contribution in [0.2, 0.25) is 15.1 Å². The predicted octanol–water partition coefficient (Wildman–Crippen LogP) is 7.05. The molecule has 0 fully saturated rings. The summed E-state index contributed by atoms with van der Waals surface area (Å²) in [5.41, 5.74) is 7.21. The summed E-state index contributed by atoms with van der Waals surface area (Å²) in [5.74, 6) is 0. The van der Waals surface area contributed by atoms with E-state index in [1.165, 1.54) is 5.39 Å². The average molecular weight is 444 g/mol. The Morgan fingerprint density at radius 2 is 1.66 bits per heavy atom. The minimum atomic E-state index is 0.402. The summed E-state index contributed by atoms with van der Waals surface area (Å²) in [4.78, 5) is 0. The maximum absolute atomic E-state index is 6.20. The van der Waals surface area contributed by atoms with Crippen LogP contribution in [0.25, 0.3) is 16.5 Å². The molecule has 1 heterocycles. The number of hydrogen-bond acceptors (Lipinski definition) is 3. The molecule has 1 aromatic heterocycles. The highest BCUT2D eigenvalue weighted by molar-refractivity contribution is 6.41. The Kier molecular flexibility index (Phi) is 5.50. The van der Waals surface area contributed by atoms with Crippen molar-refractivity contribution in [1.82, 2.24) is 9.78 Å². The summed E-state index contributed by atoms with van der Waals surface area (Å²) in [6.45, 7) is 3.98. The molecule has 7 heteroatoms. The molecule has 4 nitrogen and oxygen atoms in total. The Hall–Kier alpha value is -2.53. The van der Waals surface area contributed by atoms with E-state index in [0.29, 0.717) is 20.8 Å².